The molecule has 1 saturated carbocycles. The molecule has 1 amide bonds. The van der Waals surface area contributed by atoms with E-state index >= 15 is 0 Å². The number of hydrogen-bond acceptors (Lipinski definition) is 6. The highest BCUT2D eigenvalue weighted by atomic mass is 16.5. The van der Waals surface area contributed by atoms with Crippen molar-refractivity contribution in [2.45, 2.75) is 44.6 Å². The summed E-state index contributed by atoms with van der Waals surface area (Å²) in [6, 6.07) is 18.7. The van der Waals surface area contributed by atoms with Crippen molar-refractivity contribution in [1.29, 1.82) is 0 Å². The molecular weight excluding hydrogens is 402 g/mol. The molecule has 32 heavy (non-hydrogen) atoms. The number of amides is 1. The van der Waals surface area contributed by atoms with E-state index in [9.17, 15) is 4.79 Å². The van der Waals surface area contributed by atoms with Gasteiger partial charge in [-0.05, 0) is 36.5 Å². The first-order chi connectivity index (χ1) is 15.6. The van der Waals surface area contributed by atoms with Crippen LogP contribution in [0.5, 0.6) is 0 Å². The molecule has 7 nitrogen and oxygen atoms in total. The minimum atomic E-state index is -0.350. The summed E-state index contributed by atoms with van der Waals surface area (Å²) in [5, 5.41) is 6.21. The number of nitrogens with one attached hydrogen (secondary N) is 2. The van der Waals surface area contributed by atoms with Crippen LogP contribution in [0, 0.1) is 0 Å². The number of ether oxygens (including phenoxy) is 1. The zero-order valence-electron chi connectivity index (χ0n) is 18.3. The van der Waals surface area contributed by atoms with Crippen molar-refractivity contribution in [3.63, 3.8) is 0 Å². The summed E-state index contributed by atoms with van der Waals surface area (Å²) in [5.74, 6) is -0.230. The number of nitrogens with two attached hydrogens (primary N) is 1. The zero-order chi connectivity index (χ0) is 22.3. The lowest BCUT2D eigenvalue weighted by Crippen LogP contribution is -2.36. The largest absolute Gasteiger partial charge is 0.382 e. The van der Waals surface area contributed by atoms with Crippen molar-refractivity contribution in [1.82, 2.24) is 20.6 Å². The molecule has 0 bridgehead atoms. The lowest BCUT2D eigenvalue weighted by atomic mass is 10.1. The summed E-state index contributed by atoms with van der Waals surface area (Å²) in [4.78, 5) is 20.6. The van der Waals surface area contributed by atoms with Gasteiger partial charge in [-0.15, -0.1) is 0 Å². The first kappa shape index (κ1) is 21.9. The molecule has 0 aliphatic heterocycles. The van der Waals surface area contributed by atoms with Crippen LogP contribution < -0.4 is 16.4 Å². The van der Waals surface area contributed by atoms with E-state index in [-0.39, 0.29) is 23.5 Å². The van der Waals surface area contributed by atoms with Crippen molar-refractivity contribution in [2.24, 2.45) is 0 Å². The standard InChI is InChI=1S/C25H29N5O2/c1-27-25(31)23-24(26)29-15-21(30-23)19-10-5-9-18(13-19)14-28-20-11-6-12-22(20)32-16-17-7-3-2-4-8-17/h2-5,7-10,13,15,20,22,28H,6,11-12,14,16H2,1H3,(H2,26,29)(H,27,31)/t20-,22-/m1/s1. The lowest BCUT2D eigenvalue weighted by Gasteiger charge is -2.22. The molecule has 1 heterocycles. The maximum absolute atomic E-state index is 12.0. The zero-order valence-corrected chi connectivity index (χ0v) is 18.3. The Balaban J connectivity index is 1.39. The van der Waals surface area contributed by atoms with E-state index in [0.717, 1.165) is 30.5 Å². The predicted molar refractivity (Wildman–Crippen MR) is 125 cm³/mol. The number of anilines is 1. The quantitative estimate of drug-likeness (QED) is 0.506. The Hall–Kier alpha value is -3.29. The van der Waals surface area contributed by atoms with Gasteiger partial charge in [0.25, 0.3) is 5.91 Å². The molecule has 4 rings (SSSR count). The van der Waals surface area contributed by atoms with Gasteiger partial charge < -0.3 is 21.1 Å². The highest BCUT2D eigenvalue weighted by molar-refractivity contribution is 5.96. The third-order valence-corrected chi connectivity index (χ3v) is 5.79. The Morgan fingerprint density at radius 2 is 1.94 bits per heavy atom. The van der Waals surface area contributed by atoms with Gasteiger partial charge in [-0.3, -0.25) is 4.79 Å². The topological polar surface area (TPSA) is 102 Å². The molecule has 0 spiro atoms. The molecule has 2 aromatic carbocycles. The smallest absolute Gasteiger partial charge is 0.273 e. The average molecular weight is 432 g/mol. The first-order valence-corrected chi connectivity index (χ1v) is 11.0. The van der Waals surface area contributed by atoms with E-state index in [2.05, 4.69) is 44.9 Å². The Labute approximate surface area is 188 Å². The number of carbonyl (C=O) groups is 1. The van der Waals surface area contributed by atoms with Gasteiger partial charge in [0.1, 0.15) is 0 Å². The minimum absolute atomic E-state index is 0.119. The van der Waals surface area contributed by atoms with Crippen LogP contribution in [0.1, 0.15) is 40.9 Å². The molecule has 0 saturated heterocycles. The van der Waals surface area contributed by atoms with E-state index in [4.69, 9.17) is 10.5 Å². The highest BCUT2D eigenvalue weighted by Crippen LogP contribution is 2.24. The third-order valence-electron chi connectivity index (χ3n) is 5.79. The van der Waals surface area contributed by atoms with Crippen molar-refractivity contribution in [3.8, 4) is 11.3 Å². The molecule has 7 heteroatoms. The van der Waals surface area contributed by atoms with Gasteiger partial charge in [-0.2, -0.15) is 0 Å². The van der Waals surface area contributed by atoms with Crippen LogP contribution in [-0.2, 0) is 17.9 Å². The van der Waals surface area contributed by atoms with E-state index in [1.165, 1.54) is 12.0 Å². The molecule has 1 aliphatic rings. The molecule has 1 aromatic heterocycles. The van der Waals surface area contributed by atoms with Crippen LogP contribution in [-0.4, -0.2) is 35.1 Å². The number of benzene rings is 2. The minimum Gasteiger partial charge on any atom is -0.382 e. The molecule has 3 aromatic rings. The summed E-state index contributed by atoms with van der Waals surface area (Å²) >= 11 is 0. The fourth-order valence-corrected chi connectivity index (χ4v) is 4.05. The van der Waals surface area contributed by atoms with Gasteiger partial charge in [-0.25, -0.2) is 9.97 Å². The van der Waals surface area contributed by atoms with Gasteiger partial charge in [0.05, 0.1) is 24.6 Å². The average Bonchev–Trinajstić information content (AvgIpc) is 3.29. The van der Waals surface area contributed by atoms with Gasteiger partial charge in [0, 0.05) is 25.2 Å². The summed E-state index contributed by atoms with van der Waals surface area (Å²) in [6.45, 7) is 1.37. The van der Waals surface area contributed by atoms with Crippen LogP contribution in [0.4, 0.5) is 5.82 Å². The number of nitrogen functional groups attached to an aromatic ring is 1. The van der Waals surface area contributed by atoms with Crippen molar-refractivity contribution >= 4 is 11.7 Å². The molecule has 0 radical (unpaired) electrons. The number of rotatable bonds is 8. The summed E-state index contributed by atoms with van der Waals surface area (Å²) in [7, 11) is 1.54. The summed E-state index contributed by atoms with van der Waals surface area (Å²) < 4.78 is 6.21. The van der Waals surface area contributed by atoms with Crippen LogP contribution >= 0.6 is 0 Å². The van der Waals surface area contributed by atoms with Crippen molar-refractivity contribution < 1.29 is 9.53 Å². The Morgan fingerprint density at radius 3 is 2.75 bits per heavy atom. The second-order valence-electron chi connectivity index (χ2n) is 8.02. The lowest BCUT2D eigenvalue weighted by molar-refractivity contribution is 0.0275. The van der Waals surface area contributed by atoms with E-state index in [0.29, 0.717) is 18.3 Å². The van der Waals surface area contributed by atoms with Gasteiger partial charge in [0.2, 0.25) is 0 Å². The molecule has 1 fully saturated rings. The van der Waals surface area contributed by atoms with E-state index in [1.54, 1.807) is 13.2 Å². The number of aromatic nitrogens is 2. The normalized spacial score (nSPS) is 17.9. The Kier molecular flexibility index (Phi) is 7.09. The van der Waals surface area contributed by atoms with Gasteiger partial charge in [0.15, 0.2) is 11.5 Å². The maximum Gasteiger partial charge on any atom is 0.273 e. The molecule has 2 atom stereocenters. The molecule has 1 aliphatic carbocycles. The monoisotopic (exact) mass is 431 g/mol. The SMILES string of the molecule is CNC(=O)c1nc(-c2cccc(CN[C@@H]3CCC[C@H]3OCc3ccccc3)c2)cnc1N. The number of carbonyl (C=O) groups excluding carboxylic acids is 1. The number of nitrogens with zero attached hydrogens (tertiary/aromatic N) is 2. The molecule has 166 valence electrons. The molecular formula is C25H29N5O2. The number of hydrogen-bond donors (Lipinski definition) is 3. The third kappa shape index (κ3) is 5.30. The van der Waals surface area contributed by atoms with Crippen molar-refractivity contribution in [3.05, 3.63) is 77.6 Å². The summed E-state index contributed by atoms with van der Waals surface area (Å²) in [5.41, 5.74) is 9.79. The van der Waals surface area contributed by atoms with Crippen LogP contribution in [0.25, 0.3) is 11.3 Å². The fourth-order valence-electron chi connectivity index (χ4n) is 4.05. The van der Waals surface area contributed by atoms with E-state index < -0.39 is 0 Å². The predicted octanol–water partition coefficient (Wildman–Crippen LogP) is 3.31. The summed E-state index contributed by atoms with van der Waals surface area (Å²) in [6.07, 6.45) is 5.17. The van der Waals surface area contributed by atoms with Crippen LogP contribution in [0.2, 0.25) is 0 Å². The van der Waals surface area contributed by atoms with Crippen molar-refractivity contribution in [2.75, 3.05) is 12.8 Å². The molecule has 4 N–H and O–H groups in total. The Morgan fingerprint density at radius 1 is 1.12 bits per heavy atom. The second kappa shape index (κ2) is 10.3. The maximum atomic E-state index is 12.0. The van der Waals surface area contributed by atoms with E-state index in [1.807, 2.05) is 30.3 Å². The Bertz CT molecular complexity index is 1060. The fraction of sp³-hybridized carbons (Fsp3) is 0.320. The van der Waals surface area contributed by atoms with Gasteiger partial charge >= 0.3 is 0 Å². The van der Waals surface area contributed by atoms with Gasteiger partial charge in [-0.1, -0.05) is 48.5 Å². The van der Waals surface area contributed by atoms with Crippen LogP contribution in [0.3, 0.4) is 0 Å². The second-order valence-corrected chi connectivity index (χ2v) is 8.02. The van der Waals surface area contributed by atoms with Crippen LogP contribution in [0.15, 0.2) is 60.8 Å². The highest BCUT2D eigenvalue weighted by Gasteiger charge is 2.27. The first-order valence-electron chi connectivity index (χ1n) is 11.0. The molecule has 0 unspecified atom stereocenters.